The Hall–Kier alpha value is -8.40. The summed E-state index contributed by atoms with van der Waals surface area (Å²) >= 11 is 0. The fourth-order valence-electron chi connectivity index (χ4n) is 9.93. The lowest BCUT2D eigenvalue weighted by atomic mass is 9.94. The molecule has 0 aliphatic rings. The molecule has 0 unspecified atom stereocenters. The van der Waals surface area contributed by atoms with Crippen molar-refractivity contribution in [3.8, 4) is 55.9 Å². The van der Waals surface area contributed by atoms with Crippen LogP contribution in [0.3, 0.4) is 0 Å². The molecule has 63 heavy (non-hydrogen) atoms. The molecule has 10 aromatic carbocycles. The molecule has 294 valence electrons. The molecule has 0 atom stereocenters. The average Bonchev–Trinajstić information content (AvgIpc) is 4.01. The SMILES string of the molecule is c1ccc(-c2cccc(-c3cccc(-c4cccc(-c5ccc6c(c5)c5ccccc5n6-c5ccc6c(c5)c5ccccc5n6-c5ccc6oc7ccccc7c6c5)c4)c3)c2)cc1. The number of aromatic nitrogens is 2. The van der Waals surface area contributed by atoms with Gasteiger partial charge in [0.1, 0.15) is 11.2 Å². The van der Waals surface area contributed by atoms with Crippen molar-refractivity contribution in [3.63, 3.8) is 0 Å². The van der Waals surface area contributed by atoms with Crippen LogP contribution in [0.25, 0.3) is 121 Å². The van der Waals surface area contributed by atoms with Crippen molar-refractivity contribution < 1.29 is 4.42 Å². The van der Waals surface area contributed by atoms with Crippen LogP contribution in [0.5, 0.6) is 0 Å². The summed E-state index contributed by atoms with van der Waals surface area (Å²) in [6.07, 6.45) is 0. The van der Waals surface area contributed by atoms with Crippen LogP contribution in [0.1, 0.15) is 0 Å². The molecule has 3 aromatic heterocycles. The van der Waals surface area contributed by atoms with Gasteiger partial charge in [-0.2, -0.15) is 0 Å². The van der Waals surface area contributed by atoms with Gasteiger partial charge in [-0.25, -0.2) is 0 Å². The summed E-state index contributed by atoms with van der Waals surface area (Å²) in [6.45, 7) is 0. The van der Waals surface area contributed by atoms with Gasteiger partial charge < -0.3 is 13.6 Å². The summed E-state index contributed by atoms with van der Waals surface area (Å²) in [5.41, 5.74) is 18.4. The van der Waals surface area contributed by atoms with Crippen molar-refractivity contribution in [2.45, 2.75) is 0 Å². The number of para-hydroxylation sites is 3. The summed E-state index contributed by atoms with van der Waals surface area (Å²) in [5, 5.41) is 7.16. The molecule has 3 heteroatoms. The Bertz CT molecular complexity index is 3920. The highest BCUT2D eigenvalue weighted by Gasteiger charge is 2.18. The summed E-state index contributed by atoms with van der Waals surface area (Å²) < 4.78 is 11.0. The normalized spacial score (nSPS) is 11.8. The first-order chi connectivity index (χ1) is 31.2. The largest absolute Gasteiger partial charge is 0.456 e. The number of benzene rings is 10. The second kappa shape index (κ2) is 14.1. The molecule has 0 aliphatic heterocycles. The number of hydrogen-bond donors (Lipinski definition) is 0. The Morgan fingerprint density at radius 3 is 1.22 bits per heavy atom. The Morgan fingerprint density at radius 2 is 0.619 bits per heavy atom. The first-order valence-corrected chi connectivity index (χ1v) is 21.6. The van der Waals surface area contributed by atoms with Gasteiger partial charge in [0.15, 0.2) is 0 Å². The molecule has 0 amide bonds. The topological polar surface area (TPSA) is 23.0 Å². The van der Waals surface area contributed by atoms with E-state index in [2.05, 4.69) is 228 Å². The number of nitrogens with zero attached hydrogens (tertiary/aromatic N) is 2. The van der Waals surface area contributed by atoms with E-state index in [0.29, 0.717) is 0 Å². The molecular weight excluding hydrogens is 765 g/mol. The van der Waals surface area contributed by atoms with Crippen molar-refractivity contribution in [1.29, 1.82) is 0 Å². The molecule has 0 N–H and O–H groups in total. The van der Waals surface area contributed by atoms with Gasteiger partial charge in [0.05, 0.1) is 22.1 Å². The monoisotopic (exact) mass is 802 g/mol. The van der Waals surface area contributed by atoms with Crippen LogP contribution in [0.2, 0.25) is 0 Å². The van der Waals surface area contributed by atoms with Gasteiger partial charge in [-0.1, -0.05) is 146 Å². The number of fused-ring (bicyclic) bond motifs is 9. The molecule has 3 heterocycles. The van der Waals surface area contributed by atoms with E-state index in [4.69, 9.17) is 4.42 Å². The second-order valence-electron chi connectivity index (χ2n) is 16.5. The van der Waals surface area contributed by atoms with Gasteiger partial charge in [0, 0.05) is 43.7 Å². The van der Waals surface area contributed by atoms with Crippen LogP contribution in [-0.2, 0) is 0 Å². The zero-order chi connectivity index (χ0) is 41.4. The summed E-state index contributed by atoms with van der Waals surface area (Å²) in [7, 11) is 0. The third-order valence-corrected chi connectivity index (χ3v) is 12.9. The highest BCUT2D eigenvalue weighted by Crippen LogP contribution is 2.40. The lowest BCUT2D eigenvalue weighted by Crippen LogP contribution is -1.95. The van der Waals surface area contributed by atoms with E-state index < -0.39 is 0 Å². The Kier molecular flexibility index (Phi) is 7.91. The van der Waals surface area contributed by atoms with Gasteiger partial charge in [0.2, 0.25) is 0 Å². The predicted molar refractivity (Wildman–Crippen MR) is 264 cm³/mol. The van der Waals surface area contributed by atoms with Crippen molar-refractivity contribution in [2.24, 2.45) is 0 Å². The molecule has 0 saturated heterocycles. The molecule has 0 aliphatic carbocycles. The molecule has 0 saturated carbocycles. The van der Waals surface area contributed by atoms with E-state index in [0.717, 1.165) is 33.3 Å². The minimum Gasteiger partial charge on any atom is -0.456 e. The highest BCUT2D eigenvalue weighted by molar-refractivity contribution is 6.13. The van der Waals surface area contributed by atoms with E-state index in [1.54, 1.807) is 0 Å². The first kappa shape index (κ1) is 35.4. The predicted octanol–water partition coefficient (Wildman–Crippen LogP) is 16.4. The van der Waals surface area contributed by atoms with Crippen LogP contribution < -0.4 is 0 Å². The molecule has 13 rings (SSSR count). The minimum atomic E-state index is 0.900. The summed E-state index contributed by atoms with van der Waals surface area (Å²) in [6, 6.07) is 83.6. The lowest BCUT2D eigenvalue weighted by Gasteiger charge is -2.11. The van der Waals surface area contributed by atoms with Gasteiger partial charge in [0.25, 0.3) is 0 Å². The molecular formula is C60H38N2O. The van der Waals surface area contributed by atoms with E-state index in [1.807, 2.05) is 12.1 Å². The van der Waals surface area contributed by atoms with E-state index >= 15 is 0 Å². The van der Waals surface area contributed by atoms with Crippen LogP contribution in [0.15, 0.2) is 235 Å². The number of rotatable bonds is 6. The van der Waals surface area contributed by atoms with E-state index in [1.165, 1.54) is 88.1 Å². The standard InChI is InChI=1S/C60H38N2O/c1-2-13-39(14-3-1)40-15-10-16-41(33-40)42-17-11-18-43(34-42)44-19-12-20-45(35-44)46-27-30-57-52(36-46)49-21-4-7-24-55(49)61(57)47-28-31-58-53(37-47)50-22-5-8-25-56(50)62(58)48-29-32-60-54(38-48)51-23-6-9-26-59(51)63-60/h1-38H. The van der Waals surface area contributed by atoms with Crippen LogP contribution >= 0.6 is 0 Å². The Balaban J connectivity index is 0.897. The quantitative estimate of drug-likeness (QED) is 0.164. The van der Waals surface area contributed by atoms with Crippen LogP contribution in [0, 0.1) is 0 Å². The maximum Gasteiger partial charge on any atom is 0.135 e. The average molecular weight is 803 g/mol. The summed E-state index contributed by atoms with van der Waals surface area (Å²) in [5.74, 6) is 0. The minimum absolute atomic E-state index is 0.900. The van der Waals surface area contributed by atoms with Crippen LogP contribution in [0.4, 0.5) is 0 Å². The summed E-state index contributed by atoms with van der Waals surface area (Å²) in [4.78, 5) is 0. The van der Waals surface area contributed by atoms with Crippen molar-refractivity contribution in [3.05, 3.63) is 231 Å². The highest BCUT2D eigenvalue weighted by atomic mass is 16.3. The molecule has 0 spiro atoms. The Labute approximate surface area is 363 Å². The van der Waals surface area contributed by atoms with Crippen molar-refractivity contribution in [2.75, 3.05) is 0 Å². The zero-order valence-corrected chi connectivity index (χ0v) is 34.2. The van der Waals surface area contributed by atoms with Crippen molar-refractivity contribution >= 4 is 65.6 Å². The lowest BCUT2D eigenvalue weighted by molar-refractivity contribution is 0.669. The maximum atomic E-state index is 6.20. The van der Waals surface area contributed by atoms with Crippen molar-refractivity contribution in [1.82, 2.24) is 9.13 Å². The molecule has 13 aromatic rings. The number of furan rings is 1. The zero-order valence-electron chi connectivity index (χ0n) is 34.2. The molecule has 0 fully saturated rings. The Morgan fingerprint density at radius 1 is 0.222 bits per heavy atom. The third-order valence-electron chi connectivity index (χ3n) is 12.9. The molecule has 0 bridgehead atoms. The number of hydrogen-bond acceptors (Lipinski definition) is 1. The van der Waals surface area contributed by atoms with Gasteiger partial charge in [-0.3, -0.25) is 0 Å². The first-order valence-electron chi connectivity index (χ1n) is 21.6. The van der Waals surface area contributed by atoms with Gasteiger partial charge in [-0.15, -0.1) is 0 Å². The molecule has 3 nitrogen and oxygen atoms in total. The van der Waals surface area contributed by atoms with E-state index in [9.17, 15) is 0 Å². The smallest absolute Gasteiger partial charge is 0.135 e. The third kappa shape index (κ3) is 5.75. The molecule has 0 radical (unpaired) electrons. The maximum absolute atomic E-state index is 6.20. The fourth-order valence-corrected chi connectivity index (χ4v) is 9.93. The fraction of sp³-hybridized carbons (Fsp3) is 0. The van der Waals surface area contributed by atoms with Gasteiger partial charge >= 0.3 is 0 Å². The van der Waals surface area contributed by atoms with Gasteiger partial charge in [-0.05, 0) is 129 Å². The second-order valence-corrected chi connectivity index (χ2v) is 16.5. The van der Waals surface area contributed by atoms with Crippen LogP contribution in [-0.4, -0.2) is 9.13 Å². The van der Waals surface area contributed by atoms with E-state index in [-0.39, 0.29) is 0 Å².